The number of hydrogen-bond acceptors (Lipinski definition) is 8. The summed E-state index contributed by atoms with van der Waals surface area (Å²) in [6.07, 6.45) is 0. The third kappa shape index (κ3) is 2.69. The van der Waals surface area contributed by atoms with Crippen LogP contribution in [0.15, 0.2) is 39.0 Å². The highest BCUT2D eigenvalue weighted by atomic mass is 32.1. The van der Waals surface area contributed by atoms with Gasteiger partial charge in [0.2, 0.25) is 11.8 Å². The fourth-order valence-corrected chi connectivity index (χ4v) is 2.11. The summed E-state index contributed by atoms with van der Waals surface area (Å²) < 4.78 is 6.62. The standard InChI is InChI=1S/C11H7N5O4S/c17-11-15(12-6-21-11)5-9-13-14-10(20-9)7-1-3-8(4-2-7)16(18)19/h1-4,6H,5H2. The van der Waals surface area contributed by atoms with Crippen molar-refractivity contribution in [1.82, 2.24) is 20.0 Å². The first-order valence-electron chi connectivity index (χ1n) is 5.71. The number of nitro groups is 1. The molecule has 0 bridgehead atoms. The minimum atomic E-state index is -0.488. The van der Waals surface area contributed by atoms with Gasteiger partial charge in [0.1, 0.15) is 12.1 Å². The van der Waals surface area contributed by atoms with Crippen LogP contribution in [0.3, 0.4) is 0 Å². The molecule has 0 saturated carbocycles. The van der Waals surface area contributed by atoms with Crippen molar-refractivity contribution in [2.45, 2.75) is 6.54 Å². The number of hydrogen-bond donors (Lipinski definition) is 0. The van der Waals surface area contributed by atoms with Crippen molar-refractivity contribution in [3.05, 3.63) is 55.4 Å². The molecule has 0 saturated heterocycles. The molecule has 106 valence electrons. The number of aromatic nitrogens is 4. The zero-order chi connectivity index (χ0) is 14.8. The van der Waals surface area contributed by atoms with Gasteiger partial charge in [-0.05, 0) is 12.1 Å². The Morgan fingerprint density at radius 3 is 2.67 bits per heavy atom. The Bertz CT molecular complexity index is 835. The molecule has 0 aliphatic carbocycles. The maximum atomic E-state index is 11.4. The van der Waals surface area contributed by atoms with Gasteiger partial charge in [-0.1, -0.05) is 11.3 Å². The van der Waals surface area contributed by atoms with Crippen molar-refractivity contribution in [1.29, 1.82) is 0 Å². The van der Waals surface area contributed by atoms with E-state index in [9.17, 15) is 14.9 Å². The van der Waals surface area contributed by atoms with Gasteiger partial charge in [-0.25, -0.2) is 4.68 Å². The second kappa shape index (κ2) is 5.25. The van der Waals surface area contributed by atoms with Crippen LogP contribution in [0.5, 0.6) is 0 Å². The number of benzene rings is 1. The summed E-state index contributed by atoms with van der Waals surface area (Å²) in [5.41, 5.74) is 1.97. The Kier molecular flexibility index (Phi) is 3.28. The largest absolute Gasteiger partial charge is 0.419 e. The third-order valence-electron chi connectivity index (χ3n) is 2.63. The Morgan fingerprint density at radius 1 is 1.29 bits per heavy atom. The molecule has 10 heteroatoms. The van der Waals surface area contributed by atoms with Gasteiger partial charge in [0.05, 0.1) is 4.92 Å². The highest BCUT2D eigenvalue weighted by Gasteiger charge is 2.12. The van der Waals surface area contributed by atoms with Crippen molar-refractivity contribution < 1.29 is 9.34 Å². The van der Waals surface area contributed by atoms with Crippen LogP contribution >= 0.6 is 11.3 Å². The van der Waals surface area contributed by atoms with Crippen LogP contribution in [0, 0.1) is 10.1 Å². The van der Waals surface area contributed by atoms with Crippen molar-refractivity contribution in [2.75, 3.05) is 0 Å². The van der Waals surface area contributed by atoms with E-state index in [-0.39, 0.29) is 28.9 Å². The summed E-state index contributed by atoms with van der Waals surface area (Å²) >= 11 is 0.974. The maximum Gasteiger partial charge on any atom is 0.325 e. The van der Waals surface area contributed by atoms with E-state index in [1.54, 1.807) is 0 Å². The molecule has 0 unspecified atom stereocenters. The lowest BCUT2D eigenvalue weighted by atomic mass is 10.2. The Balaban J connectivity index is 1.83. The normalized spacial score (nSPS) is 10.7. The molecule has 0 spiro atoms. The van der Waals surface area contributed by atoms with Gasteiger partial charge in [-0.15, -0.1) is 10.2 Å². The first-order chi connectivity index (χ1) is 10.1. The summed E-state index contributed by atoms with van der Waals surface area (Å²) in [6.45, 7) is 0.0856. The summed E-state index contributed by atoms with van der Waals surface area (Å²) in [4.78, 5) is 21.2. The predicted octanol–water partition coefficient (Wildman–Crippen LogP) is 1.31. The van der Waals surface area contributed by atoms with Gasteiger partial charge >= 0.3 is 4.87 Å². The summed E-state index contributed by atoms with van der Waals surface area (Å²) in [5.74, 6) is 0.458. The van der Waals surface area contributed by atoms with Gasteiger partial charge in [0.25, 0.3) is 5.69 Å². The van der Waals surface area contributed by atoms with Crippen LogP contribution in [-0.4, -0.2) is 24.9 Å². The number of nitrogens with zero attached hydrogens (tertiary/aromatic N) is 5. The predicted molar refractivity (Wildman–Crippen MR) is 71.9 cm³/mol. The monoisotopic (exact) mass is 305 g/mol. The summed E-state index contributed by atoms with van der Waals surface area (Å²) in [6, 6.07) is 5.74. The van der Waals surface area contributed by atoms with Crippen LogP contribution in [0.2, 0.25) is 0 Å². The highest BCUT2D eigenvalue weighted by molar-refractivity contribution is 7.06. The molecule has 9 nitrogen and oxygen atoms in total. The Hall–Kier alpha value is -2.88. The van der Waals surface area contributed by atoms with E-state index < -0.39 is 4.92 Å². The minimum Gasteiger partial charge on any atom is -0.419 e. The van der Waals surface area contributed by atoms with Gasteiger partial charge in [0.15, 0.2) is 0 Å². The molecule has 3 aromatic rings. The van der Waals surface area contributed by atoms with E-state index >= 15 is 0 Å². The van der Waals surface area contributed by atoms with E-state index in [4.69, 9.17) is 4.42 Å². The van der Waals surface area contributed by atoms with Crippen LogP contribution in [0.1, 0.15) is 5.89 Å². The molecule has 21 heavy (non-hydrogen) atoms. The molecule has 0 fully saturated rings. The quantitative estimate of drug-likeness (QED) is 0.526. The lowest BCUT2D eigenvalue weighted by molar-refractivity contribution is -0.384. The molecular weight excluding hydrogens is 298 g/mol. The number of nitro benzene ring substituents is 1. The number of rotatable bonds is 4. The second-order valence-electron chi connectivity index (χ2n) is 3.97. The van der Waals surface area contributed by atoms with E-state index in [1.165, 1.54) is 34.5 Å². The molecule has 2 aromatic heterocycles. The van der Waals surface area contributed by atoms with Gasteiger partial charge in [0, 0.05) is 17.7 Å². The molecule has 0 N–H and O–H groups in total. The van der Waals surface area contributed by atoms with Crippen molar-refractivity contribution >= 4 is 17.0 Å². The van der Waals surface area contributed by atoms with Crippen molar-refractivity contribution in [3.63, 3.8) is 0 Å². The lowest BCUT2D eigenvalue weighted by Crippen LogP contribution is -2.15. The van der Waals surface area contributed by atoms with E-state index in [1.807, 2.05) is 0 Å². The fraction of sp³-hybridized carbons (Fsp3) is 0.0909. The smallest absolute Gasteiger partial charge is 0.325 e. The minimum absolute atomic E-state index is 0.0208. The zero-order valence-electron chi connectivity index (χ0n) is 10.4. The molecule has 2 heterocycles. The van der Waals surface area contributed by atoms with Crippen LogP contribution in [0.25, 0.3) is 11.5 Å². The topological polar surface area (TPSA) is 117 Å². The molecular formula is C11H7N5O4S. The van der Waals surface area contributed by atoms with Gasteiger partial charge in [-0.2, -0.15) is 5.10 Å². The van der Waals surface area contributed by atoms with E-state index in [2.05, 4.69) is 15.3 Å². The van der Waals surface area contributed by atoms with Crippen molar-refractivity contribution in [2.24, 2.45) is 0 Å². The molecule has 3 rings (SSSR count). The lowest BCUT2D eigenvalue weighted by Gasteiger charge is -1.95. The molecule has 1 aromatic carbocycles. The highest BCUT2D eigenvalue weighted by Crippen LogP contribution is 2.21. The zero-order valence-corrected chi connectivity index (χ0v) is 11.2. The molecule has 0 aliphatic heterocycles. The third-order valence-corrected chi connectivity index (χ3v) is 3.24. The molecule has 0 atom stereocenters. The number of non-ortho nitro benzene ring substituents is 1. The SMILES string of the molecule is O=c1scnn1Cc1nnc(-c2ccc([N+](=O)[O-])cc2)o1. The van der Waals surface area contributed by atoms with Crippen LogP contribution < -0.4 is 4.87 Å². The van der Waals surface area contributed by atoms with E-state index in [0.717, 1.165) is 11.3 Å². The first kappa shape index (κ1) is 13.1. The van der Waals surface area contributed by atoms with Crippen LogP contribution in [0.4, 0.5) is 5.69 Å². The fourth-order valence-electron chi connectivity index (χ4n) is 1.63. The van der Waals surface area contributed by atoms with Crippen molar-refractivity contribution in [3.8, 4) is 11.5 Å². The molecule has 0 radical (unpaired) electrons. The first-order valence-corrected chi connectivity index (χ1v) is 6.59. The Morgan fingerprint density at radius 2 is 2.05 bits per heavy atom. The van der Waals surface area contributed by atoms with E-state index in [0.29, 0.717) is 5.56 Å². The van der Waals surface area contributed by atoms with Crippen LogP contribution in [-0.2, 0) is 6.54 Å². The average Bonchev–Trinajstić information content (AvgIpc) is 3.10. The maximum absolute atomic E-state index is 11.4. The molecule has 0 amide bonds. The molecule has 0 aliphatic rings. The second-order valence-corrected chi connectivity index (χ2v) is 4.76. The Labute approximate surface area is 120 Å². The summed E-state index contributed by atoms with van der Waals surface area (Å²) in [7, 11) is 0. The average molecular weight is 305 g/mol. The summed E-state index contributed by atoms with van der Waals surface area (Å²) in [5, 5.41) is 22.1. The van der Waals surface area contributed by atoms with Gasteiger partial charge < -0.3 is 4.42 Å². The van der Waals surface area contributed by atoms with Gasteiger partial charge in [-0.3, -0.25) is 14.9 Å².